The monoisotopic (exact) mass is 217 g/mol. The van der Waals surface area contributed by atoms with E-state index in [1.54, 1.807) is 19.3 Å². The molecule has 0 aliphatic rings. The zero-order chi connectivity index (χ0) is 11.6. The molecule has 0 aliphatic heterocycles. The first-order chi connectivity index (χ1) is 7.64. The standard InChI is InChI=1S/C12H15N3O/c1-12(16,11-14-5-6-15-11)10-4-2-3-9(7-10)8-13/h2-7,16H,8,13H2,1H3,(H,14,15). The SMILES string of the molecule is CC(O)(c1cccc(CN)c1)c1ncc[nH]1. The molecular formula is C12H15N3O. The lowest BCUT2D eigenvalue weighted by Crippen LogP contribution is -2.24. The van der Waals surface area contributed by atoms with E-state index in [2.05, 4.69) is 9.97 Å². The van der Waals surface area contributed by atoms with Gasteiger partial charge in [0.05, 0.1) is 0 Å². The van der Waals surface area contributed by atoms with Crippen LogP contribution in [0.2, 0.25) is 0 Å². The first-order valence-corrected chi connectivity index (χ1v) is 5.16. The summed E-state index contributed by atoms with van der Waals surface area (Å²) in [4.78, 5) is 7.00. The van der Waals surface area contributed by atoms with E-state index in [0.717, 1.165) is 11.1 Å². The molecular weight excluding hydrogens is 202 g/mol. The smallest absolute Gasteiger partial charge is 0.144 e. The molecule has 1 aromatic heterocycles. The normalized spacial score (nSPS) is 14.7. The number of hydrogen-bond acceptors (Lipinski definition) is 3. The van der Waals surface area contributed by atoms with Crippen LogP contribution in [0.5, 0.6) is 0 Å². The van der Waals surface area contributed by atoms with E-state index in [1.165, 1.54) is 0 Å². The first-order valence-electron chi connectivity index (χ1n) is 5.16. The van der Waals surface area contributed by atoms with E-state index in [0.29, 0.717) is 12.4 Å². The highest BCUT2D eigenvalue weighted by atomic mass is 16.3. The number of nitrogens with two attached hydrogens (primary N) is 1. The van der Waals surface area contributed by atoms with E-state index < -0.39 is 5.60 Å². The number of aromatic nitrogens is 2. The molecule has 0 radical (unpaired) electrons. The van der Waals surface area contributed by atoms with Crippen molar-refractivity contribution >= 4 is 0 Å². The summed E-state index contributed by atoms with van der Waals surface area (Å²) in [6, 6.07) is 7.57. The van der Waals surface area contributed by atoms with Crippen LogP contribution in [-0.4, -0.2) is 15.1 Å². The first kappa shape index (κ1) is 10.9. The molecule has 0 amide bonds. The van der Waals surface area contributed by atoms with E-state index >= 15 is 0 Å². The topological polar surface area (TPSA) is 74.9 Å². The minimum Gasteiger partial charge on any atom is -0.377 e. The van der Waals surface area contributed by atoms with Gasteiger partial charge in [-0.05, 0) is 18.1 Å². The van der Waals surface area contributed by atoms with Crippen LogP contribution in [0.15, 0.2) is 36.7 Å². The summed E-state index contributed by atoms with van der Waals surface area (Å²) in [6.45, 7) is 2.17. The highest BCUT2D eigenvalue weighted by Crippen LogP contribution is 2.26. The van der Waals surface area contributed by atoms with Gasteiger partial charge in [0.2, 0.25) is 0 Å². The maximum atomic E-state index is 10.4. The fourth-order valence-corrected chi connectivity index (χ4v) is 1.67. The summed E-state index contributed by atoms with van der Waals surface area (Å²) in [5, 5.41) is 10.4. The fraction of sp³-hybridized carbons (Fsp3) is 0.250. The maximum Gasteiger partial charge on any atom is 0.144 e. The van der Waals surface area contributed by atoms with Crippen LogP contribution in [-0.2, 0) is 12.1 Å². The van der Waals surface area contributed by atoms with Gasteiger partial charge >= 0.3 is 0 Å². The molecule has 0 fully saturated rings. The second-order valence-electron chi connectivity index (χ2n) is 3.91. The molecule has 1 unspecified atom stereocenters. The average Bonchev–Trinajstić information content (AvgIpc) is 2.83. The highest BCUT2D eigenvalue weighted by Gasteiger charge is 2.28. The largest absolute Gasteiger partial charge is 0.377 e. The molecule has 4 nitrogen and oxygen atoms in total. The summed E-state index contributed by atoms with van der Waals surface area (Å²) in [6.07, 6.45) is 3.31. The Labute approximate surface area is 94.1 Å². The summed E-state index contributed by atoms with van der Waals surface area (Å²) in [5.41, 5.74) is 6.23. The molecule has 1 aromatic carbocycles. The molecule has 0 aliphatic carbocycles. The van der Waals surface area contributed by atoms with Crippen molar-refractivity contribution in [2.75, 3.05) is 0 Å². The number of nitrogens with one attached hydrogen (secondary N) is 1. The molecule has 0 bridgehead atoms. The molecule has 4 heteroatoms. The lowest BCUT2D eigenvalue weighted by atomic mass is 9.94. The number of H-pyrrole nitrogens is 1. The van der Waals surface area contributed by atoms with Gasteiger partial charge in [-0.3, -0.25) is 0 Å². The second-order valence-corrected chi connectivity index (χ2v) is 3.91. The molecule has 2 rings (SSSR count). The minimum atomic E-state index is -1.12. The van der Waals surface area contributed by atoms with Gasteiger partial charge in [0.15, 0.2) is 0 Å². The van der Waals surface area contributed by atoms with E-state index in [-0.39, 0.29) is 0 Å². The van der Waals surface area contributed by atoms with Crippen LogP contribution in [0.1, 0.15) is 23.9 Å². The third kappa shape index (κ3) is 1.85. The number of aliphatic hydroxyl groups is 1. The summed E-state index contributed by atoms with van der Waals surface area (Å²) >= 11 is 0. The third-order valence-electron chi connectivity index (χ3n) is 2.68. The van der Waals surface area contributed by atoms with Gasteiger partial charge in [-0.2, -0.15) is 0 Å². The molecule has 4 N–H and O–H groups in total. The lowest BCUT2D eigenvalue weighted by Gasteiger charge is -2.21. The Kier molecular flexibility index (Phi) is 2.77. The average molecular weight is 217 g/mol. The Balaban J connectivity index is 2.42. The Morgan fingerprint density at radius 2 is 2.31 bits per heavy atom. The Bertz CT molecular complexity index is 463. The molecule has 0 saturated heterocycles. The molecule has 1 atom stereocenters. The summed E-state index contributed by atoms with van der Waals surface area (Å²) in [5.74, 6) is 0.529. The molecule has 0 spiro atoms. The highest BCUT2D eigenvalue weighted by molar-refractivity contribution is 5.32. The van der Waals surface area contributed by atoms with Crippen molar-refractivity contribution < 1.29 is 5.11 Å². The van der Waals surface area contributed by atoms with E-state index in [9.17, 15) is 5.11 Å². The van der Waals surface area contributed by atoms with Gasteiger partial charge in [-0.1, -0.05) is 24.3 Å². The zero-order valence-electron chi connectivity index (χ0n) is 9.14. The number of nitrogens with zero attached hydrogens (tertiary/aromatic N) is 1. The lowest BCUT2D eigenvalue weighted by molar-refractivity contribution is 0.0931. The maximum absolute atomic E-state index is 10.4. The predicted octanol–water partition coefficient (Wildman–Crippen LogP) is 1.12. The predicted molar refractivity (Wildman–Crippen MR) is 61.6 cm³/mol. The van der Waals surface area contributed by atoms with E-state index in [4.69, 9.17) is 5.73 Å². The fourth-order valence-electron chi connectivity index (χ4n) is 1.67. The molecule has 84 valence electrons. The van der Waals surface area contributed by atoms with Crippen LogP contribution >= 0.6 is 0 Å². The van der Waals surface area contributed by atoms with Gasteiger partial charge in [0, 0.05) is 18.9 Å². The van der Waals surface area contributed by atoms with Crippen LogP contribution in [0, 0.1) is 0 Å². The van der Waals surface area contributed by atoms with Gasteiger partial charge in [0.1, 0.15) is 11.4 Å². The quantitative estimate of drug-likeness (QED) is 0.721. The van der Waals surface area contributed by atoms with Crippen molar-refractivity contribution in [3.8, 4) is 0 Å². The van der Waals surface area contributed by atoms with Gasteiger partial charge < -0.3 is 15.8 Å². The molecule has 0 saturated carbocycles. The Morgan fingerprint density at radius 1 is 1.50 bits per heavy atom. The van der Waals surface area contributed by atoms with Crippen molar-refractivity contribution in [1.82, 2.24) is 9.97 Å². The molecule has 2 aromatic rings. The van der Waals surface area contributed by atoms with Crippen LogP contribution in [0.25, 0.3) is 0 Å². The van der Waals surface area contributed by atoms with Gasteiger partial charge in [-0.25, -0.2) is 4.98 Å². The Hall–Kier alpha value is -1.65. The molecule has 16 heavy (non-hydrogen) atoms. The zero-order valence-corrected chi connectivity index (χ0v) is 9.14. The minimum absolute atomic E-state index is 0.460. The number of aromatic amines is 1. The van der Waals surface area contributed by atoms with Crippen LogP contribution in [0.3, 0.4) is 0 Å². The third-order valence-corrected chi connectivity index (χ3v) is 2.68. The van der Waals surface area contributed by atoms with Crippen LogP contribution < -0.4 is 5.73 Å². The van der Waals surface area contributed by atoms with E-state index in [1.807, 2.05) is 24.3 Å². The van der Waals surface area contributed by atoms with Gasteiger partial charge in [0.25, 0.3) is 0 Å². The van der Waals surface area contributed by atoms with Crippen molar-refractivity contribution in [3.05, 3.63) is 53.6 Å². The second kappa shape index (κ2) is 4.08. The summed E-state index contributed by atoms with van der Waals surface area (Å²) in [7, 11) is 0. The van der Waals surface area contributed by atoms with Crippen molar-refractivity contribution in [3.63, 3.8) is 0 Å². The van der Waals surface area contributed by atoms with Crippen molar-refractivity contribution in [2.24, 2.45) is 5.73 Å². The van der Waals surface area contributed by atoms with Crippen LogP contribution in [0.4, 0.5) is 0 Å². The number of imidazole rings is 1. The Morgan fingerprint density at radius 3 is 2.94 bits per heavy atom. The van der Waals surface area contributed by atoms with Gasteiger partial charge in [-0.15, -0.1) is 0 Å². The number of rotatable bonds is 3. The summed E-state index contributed by atoms with van der Waals surface area (Å²) < 4.78 is 0. The van der Waals surface area contributed by atoms with Crippen molar-refractivity contribution in [1.29, 1.82) is 0 Å². The number of hydrogen-bond donors (Lipinski definition) is 3. The number of benzene rings is 1. The van der Waals surface area contributed by atoms with Crippen molar-refractivity contribution in [2.45, 2.75) is 19.1 Å². The molecule has 1 heterocycles.